The maximum atomic E-state index is 14.6. The normalized spacial score (nSPS) is 12.0. The van der Waals surface area contributed by atoms with E-state index in [1.165, 1.54) is 19.2 Å². The molecule has 0 spiro atoms. The average Bonchev–Trinajstić information content (AvgIpc) is 2.72. The predicted octanol–water partition coefficient (Wildman–Crippen LogP) is 5.05. The van der Waals surface area contributed by atoms with Gasteiger partial charge in [0.2, 0.25) is 0 Å². The van der Waals surface area contributed by atoms with Gasteiger partial charge >= 0.3 is 16.3 Å². The number of halogens is 5. The molecule has 2 aromatic carbocycles. The lowest BCUT2D eigenvalue weighted by Crippen LogP contribution is -2.41. The fourth-order valence-corrected chi connectivity index (χ4v) is 3.98. The molecule has 0 saturated carbocycles. The Morgan fingerprint density at radius 1 is 1.00 bits per heavy atom. The van der Waals surface area contributed by atoms with Gasteiger partial charge in [0, 0.05) is 36.8 Å². The zero-order valence-corrected chi connectivity index (χ0v) is 22.5. The second kappa shape index (κ2) is 11.2. The third kappa shape index (κ3) is 7.83. The number of hydrogen-bond acceptors (Lipinski definition) is 5. The Hall–Kier alpha value is -2.33. The summed E-state index contributed by atoms with van der Waals surface area (Å²) in [5.41, 5.74) is -2.98. The van der Waals surface area contributed by atoms with Gasteiger partial charge in [0.1, 0.15) is 22.8 Å². The largest absolute Gasteiger partial charge is 0.444 e. The first-order chi connectivity index (χ1) is 16.0. The number of nitrogens with one attached hydrogen (secondary N) is 2. The standard InChI is InChI=1S/C21H25F4IN4O4S/c1-21(2,3)34-20(31)29(4)8-9-30(5)35(32,33)28-18-15(24)11-14(23)17(25)19(18)27-16-7-6-12(26)10-13(16)22/h6-7,10-11,27-28H,8-9H2,1-5H3. The summed E-state index contributed by atoms with van der Waals surface area (Å²) in [7, 11) is -1.98. The number of anilines is 3. The van der Waals surface area contributed by atoms with Crippen LogP contribution in [0, 0.1) is 26.8 Å². The molecular formula is C21H25F4IN4O4S. The molecular weight excluding hydrogens is 607 g/mol. The van der Waals surface area contributed by atoms with E-state index in [4.69, 9.17) is 4.74 Å². The number of amides is 1. The Morgan fingerprint density at radius 2 is 1.63 bits per heavy atom. The minimum atomic E-state index is -4.51. The second-order valence-electron chi connectivity index (χ2n) is 8.48. The van der Waals surface area contributed by atoms with Crippen molar-refractivity contribution in [3.05, 3.63) is 51.1 Å². The SMILES string of the molecule is CN(CCN(C)S(=O)(=O)Nc1c(F)cc(F)c(F)c1Nc1ccc(I)cc1F)C(=O)OC(C)(C)C. The van der Waals surface area contributed by atoms with Gasteiger partial charge in [-0.3, -0.25) is 4.72 Å². The lowest BCUT2D eigenvalue weighted by molar-refractivity contribution is 0.0294. The number of ether oxygens (including phenoxy) is 1. The first kappa shape index (κ1) is 28.9. The van der Waals surface area contributed by atoms with Gasteiger partial charge in [-0.05, 0) is 61.6 Å². The van der Waals surface area contributed by atoms with Gasteiger partial charge in [0.05, 0.1) is 5.69 Å². The first-order valence-electron chi connectivity index (χ1n) is 10.1. The second-order valence-corrected chi connectivity index (χ2v) is 11.5. The van der Waals surface area contributed by atoms with Crippen LogP contribution in [-0.2, 0) is 14.9 Å². The van der Waals surface area contributed by atoms with Crippen LogP contribution in [0.1, 0.15) is 20.8 Å². The monoisotopic (exact) mass is 632 g/mol. The summed E-state index contributed by atoms with van der Waals surface area (Å²) in [4.78, 5) is 13.2. The fraction of sp³-hybridized carbons (Fsp3) is 0.381. The molecule has 8 nitrogen and oxygen atoms in total. The third-order valence-corrected chi connectivity index (χ3v) is 6.60. The highest BCUT2D eigenvalue weighted by atomic mass is 127. The van der Waals surface area contributed by atoms with Gasteiger partial charge in [-0.25, -0.2) is 22.4 Å². The van der Waals surface area contributed by atoms with E-state index in [1.807, 2.05) is 27.3 Å². The molecule has 194 valence electrons. The Kier molecular flexibility index (Phi) is 9.21. The molecule has 0 bridgehead atoms. The predicted molar refractivity (Wildman–Crippen MR) is 133 cm³/mol. The van der Waals surface area contributed by atoms with Crippen molar-refractivity contribution in [2.75, 3.05) is 37.2 Å². The molecule has 0 atom stereocenters. The Morgan fingerprint density at radius 3 is 2.20 bits per heavy atom. The number of hydrogen-bond donors (Lipinski definition) is 2. The molecule has 2 N–H and O–H groups in total. The van der Waals surface area contributed by atoms with Gasteiger partial charge in [0.15, 0.2) is 17.5 Å². The molecule has 0 fully saturated rings. The number of carbonyl (C=O) groups is 1. The molecule has 2 aromatic rings. The van der Waals surface area contributed by atoms with Gasteiger partial charge in [-0.15, -0.1) is 0 Å². The van der Waals surface area contributed by atoms with Crippen molar-refractivity contribution < 1.29 is 35.5 Å². The Labute approximate surface area is 214 Å². The van der Waals surface area contributed by atoms with E-state index in [-0.39, 0.29) is 24.8 Å². The molecule has 0 aliphatic rings. The molecule has 1 amide bonds. The maximum absolute atomic E-state index is 14.6. The minimum absolute atomic E-state index is 0.0917. The van der Waals surface area contributed by atoms with E-state index < -0.39 is 56.5 Å². The summed E-state index contributed by atoms with van der Waals surface area (Å²) < 4.78 is 91.1. The fourth-order valence-electron chi connectivity index (χ4n) is 2.59. The summed E-state index contributed by atoms with van der Waals surface area (Å²) in [6, 6.07) is 3.92. The van der Waals surface area contributed by atoms with Crippen molar-refractivity contribution in [3.8, 4) is 0 Å². The summed E-state index contributed by atoms with van der Waals surface area (Å²) in [6.45, 7) is 4.67. The van der Waals surface area contributed by atoms with Crippen molar-refractivity contribution in [2.24, 2.45) is 0 Å². The smallest absolute Gasteiger partial charge is 0.410 e. The van der Waals surface area contributed by atoms with Gasteiger partial charge < -0.3 is 15.0 Å². The Bertz CT molecular complexity index is 1210. The van der Waals surface area contributed by atoms with Crippen molar-refractivity contribution in [1.29, 1.82) is 0 Å². The Balaban J connectivity index is 2.27. The van der Waals surface area contributed by atoms with Crippen LogP contribution in [0.15, 0.2) is 24.3 Å². The van der Waals surface area contributed by atoms with Crippen LogP contribution in [0.25, 0.3) is 0 Å². The molecule has 0 aliphatic carbocycles. The summed E-state index contributed by atoms with van der Waals surface area (Å²) in [5, 5.41) is 2.22. The third-order valence-electron chi connectivity index (χ3n) is 4.46. The van der Waals surface area contributed by atoms with Crippen LogP contribution < -0.4 is 10.0 Å². The topological polar surface area (TPSA) is 91.0 Å². The van der Waals surface area contributed by atoms with E-state index in [0.29, 0.717) is 3.57 Å². The van der Waals surface area contributed by atoms with E-state index in [0.717, 1.165) is 22.3 Å². The highest BCUT2D eigenvalue weighted by molar-refractivity contribution is 14.1. The van der Waals surface area contributed by atoms with Crippen LogP contribution >= 0.6 is 22.6 Å². The minimum Gasteiger partial charge on any atom is -0.444 e. The maximum Gasteiger partial charge on any atom is 0.410 e. The molecule has 0 heterocycles. The van der Waals surface area contributed by atoms with Crippen molar-refractivity contribution >= 4 is 56.0 Å². The van der Waals surface area contributed by atoms with Crippen LogP contribution in [0.2, 0.25) is 0 Å². The molecule has 14 heteroatoms. The van der Waals surface area contributed by atoms with Crippen LogP contribution in [0.5, 0.6) is 0 Å². The lowest BCUT2D eigenvalue weighted by Gasteiger charge is -2.26. The number of likely N-dealkylation sites (N-methyl/N-ethyl adjacent to an activating group) is 2. The molecule has 0 saturated heterocycles. The molecule has 0 aromatic heterocycles. The van der Waals surface area contributed by atoms with Crippen LogP contribution in [-0.4, -0.2) is 56.5 Å². The summed E-state index contributed by atoms with van der Waals surface area (Å²) in [6.07, 6.45) is -0.686. The van der Waals surface area contributed by atoms with Crippen molar-refractivity contribution in [2.45, 2.75) is 26.4 Å². The van der Waals surface area contributed by atoms with Gasteiger partial charge in [0.25, 0.3) is 0 Å². The zero-order chi connectivity index (χ0) is 26.7. The number of rotatable bonds is 8. The van der Waals surface area contributed by atoms with E-state index in [2.05, 4.69) is 5.32 Å². The average molecular weight is 632 g/mol. The quantitative estimate of drug-likeness (QED) is 0.242. The van der Waals surface area contributed by atoms with E-state index in [1.54, 1.807) is 20.8 Å². The van der Waals surface area contributed by atoms with Crippen molar-refractivity contribution in [1.82, 2.24) is 9.21 Å². The first-order valence-corrected chi connectivity index (χ1v) is 12.6. The van der Waals surface area contributed by atoms with Gasteiger partial charge in [-0.1, -0.05) is 0 Å². The molecule has 0 radical (unpaired) electrons. The summed E-state index contributed by atoms with van der Waals surface area (Å²) in [5.74, 6) is -5.50. The zero-order valence-electron chi connectivity index (χ0n) is 19.5. The van der Waals surface area contributed by atoms with Crippen molar-refractivity contribution in [3.63, 3.8) is 0 Å². The molecule has 0 unspecified atom stereocenters. The van der Waals surface area contributed by atoms with Crippen LogP contribution in [0.4, 0.5) is 39.4 Å². The van der Waals surface area contributed by atoms with Gasteiger partial charge in [-0.2, -0.15) is 12.7 Å². The number of benzene rings is 2. The highest BCUT2D eigenvalue weighted by Crippen LogP contribution is 2.35. The molecule has 0 aliphatic heterocycles. The molecule has 2 rings (SSSR count). The highest BCUT2D eigenvalue weighted by Gasteiger charge is 2.27. The lowest BCUT2D eigenvalue weighted by atomic mass is 10.2. The van der Waals surface area contributed by atoms with E-state index >= 15 is 0 Å². The van der Waals surface area contributed by atoms with Crippen LogP contribution in [0.3, 0.4) is 0 Å². The van der Waals surface area contributed by atoms with E-state index in [9.17, 15) is 30.8 Å². The number of carbonyl (C=O) groups excluding carboxylic acids is 1. The summed E-state index contributed by atoms with van der Waals surface area (Å²) >= 11 is 1.83. The number of nitrogens with zero attached hydrogens (tertiary/aromatic N) is 2. The molecule has 35 heavy (non-hydrogen) atoms.